The number of carbonyl (C=O) groups is 1. The predicted molar refractivity (Wildman–Crippen MR) is 98.6 cm³/mol. The van der Waals surface area contributed by atoms with Gasteiger partial charge in [0.2, 0.25) is 0 Å². The second kappa shape index (κ2) is 6.48. The van der Waals surface area contributed by atoms with Crippen LogP contribution in [0.1, 0.15) is 28.3 Å². The van der Waals surface area contributed by atoms with Crippen molar-refractivity contribution in [3.63, 3.8) is 0 Å². The lowest BCUT2D eigenvalue weighted by Gasteiger charge is -2.09. The number of nitrogens with one attached hydrogen (secondary N) is 1. The zero-order valence-electron chi connectivity index (χ0n) is 14.0. The molecule has 1 heterocycles. The number of carbonyl (C=O) groups excluding carboxylic acids is 1. The van der Waals surface area contributed by atoms with E-state index < -0.39 is 0 Å². The highest BCUT2D eigenvalue weighted by molar-refractivity contribution is 5.99. The van der Waals surface area contributed by atoms with Crippen LogP contribution in [0.25, 0.3) is 11.3 Å². The molecular weight excluding hydrogens is 328 g/mol. The monoisotopic (exact) mass is 346 g/mol. The first-order valence-corrected chi connectivity index (χ1v) is 8.41. The number of phenolic OH excluding ortho intramolecular Hbond substituents is 1. The van der Waals surface area contributed by atoms with E-state index in [0.717, 1.165) is 6.42 Å². The van der Waals surface area contributed by atoms with E-state index >= 15 is 0 Å². The van der Waals surface area contributed by atoms with Crippen LogP contribution in [0.5, 0.6) is 5.75 Å². The maximum Gasteiger partial charge on any atom is 0.255 e. The molecule has 1 aromatic heterocycles. The smallest absolute Gasteiger partial charge is 0.255 e. The number of rotatable bonds is 4. The van der Waals surface area contributed by atoms with Gasteiger partial charge in [0, 0.05) is 17.5 Å². The Hall–Kier alpha value is -3.41. The highest BCUT2D eigenvalue weighted by atomic mass is 16.3. The van der Waals surface area contributed by atoms with Crippen LogP contribution in [-0.2, 0) is 0 Å². The second-order valence-corrected chi connectivity index (χ2v) is 6.38. The molecule has 2 atom stereocenters. The molecule has 130 valence electrons. The lowest BCUT2D eigenvalue weighted by molar-refractivity contribution is 0.0951. The van der Waals surface area contributed by atoms with E-state index in [2.05, 4.69) is 27.6 Å². The van der Waals surface area contributed by atoms with Crippen LogP contribution in [0, 0.1) is 0 Å². The zero-order valence-corrected chi connectivity index (χ0v) is 14.0. The molecule has 1 aliphatic carbocycles. The summed E-state index contributed by atoms with van der Waals surface area (Å²) in [6, 6.07) is 18.5. The van der Waals surface area contributed by atoms with Gasteiger partial charge >= 0.3 is 0 Å². The molecule has 1 aliphatic rings. The van der Waals surface area contributed by atoms with Gasteiger partial charge in [-0.2, -0.15) is 0 Å². The van der Waals surface area contributed by atoms with Crippen LogP contribution in [0.3, 0.4) is 0 Å². The van der Waals surface area contributed by atoms with Crippen molar-refractivity contribution < 1.29 is 9.90 Å². The van der Waals surface area contributed by atoms with Gasteiger partial charge in [-0.05, 0) is 30.2 Å². The van der Waals surface area contributed by atoms with Crippen molar-refractivity contribution in [1.29, 1.82) is 0 Å². The van der Waals surface area contributed by atoms with Crippen LogP contribution in [0.4, 0.5) is 5.82 Å². The highest BCUT2D eigenvalue weighted by Crippen LogP contribution is 2.40. The SMILES string of the molecule is Nc1nnc(-c2ccccc2O)cc1C(=O)N[C@H]1C[C@@H]1c1ccccc1. The Labute approximate surface area is 150 Å². The van der Waals surface area contributed by atoms with Gasteiger partial charge in [0.1, 0.15) is 5.75 Å². The first kappa shape index (κ1) is 16.1. The Balaban J connectivity index is 1.53. The maximum absolute atomic E-state index is 12.6. The minimum absolute atomic E-state index is 0.0681. The summed E-state index contributed by atoms with van der Waals surface area (Å²) in [5.41, 5.74) is 8.23. The van der Waals surface area contributed by atoms with Gasteiger partial charge in [-0.3, -0.25) is 4.79 Å². The quantitative estimate of drug-likeness (QED) is 0.674. The largest absolute Gasteiger partial charge is 0.507 e. The molecule has 3 aromatic rings. The van der Waals surface area contributed by atoms with Crippen molar-refractivity contribution in [2.24, 2.45) is 0 Å². The third-order valence-corrected chi connectivity index (χ3v) is 4.58. The Morgan fingerprint density at radius 3 is 2.58 bits per heavy atom. The molecule has 0 saturated heterocycles. The van der Waals surface area contributed by atoms with Crippen molar-refractivity contribution in [3.05, 3.63) is 71.8 Å². The standard InChI is InChI=1S/C20H18N4O2/c21-19-15(11-17(23-24-19)13-8-4-5-9-18(13)25)20(26)22-16-10-14(16)12-6-2-1-3-7-12/h1-9,11,14,16,25H,10H2,(H2,21,24)(H,22,26)/t14-,16+/m1/s1. The Morgan fingerprint density at radius 2 is 1.81 bits per heavy atom. The number of phenols is 1. The number of hydrogen-bond donors (Lipinski definition) is 3. The molecule has 4 rings (SSSR count). The molecule has 6 heteroatoms. The first-order chi connectivity index (χ1) is 12.6. The van der Waals surface area contributed by atoms with E-state index in [9.17, 15) is 9.90 Å². The molecule has 1 fully saturated rings. The number of aromatic hydroxyl groups is 1. The van der Waals surface area contributed by atoms with Crippen molar-refractivity contribution in [3.8, 4) is 17.0 Å². The van der Waals surface area contributed by atoms with E-state index in [1.54, 1.807) is 30.3 Å². The van der Waals surface area contributed by atoms with Crippen molar-refractivity contribution in [1.82, 2.24) is 15.5 Å². The topological polar surface area (TPSA) is 101 Å². The first-order valence-electron chi connectivity index (χ1n) is 8.41. The van der Waals surface area contributed by atoms with Gasteiger partial charge < -0.3 is 16.2 Å². The van der Waals surface area contributed by atoms with Crippen molar-refractivity contribution in [2.45, 2.75) is 18.4 Å². The molecule has 0 spiro atoms. The average Bonchev–Trinajstić information content (AvgIpc) is 3.42. The molecule has 26 heavy (non-hydrogen) atoms. The average molecular weight is 346 g/mol. The number of amides is 1. The summed E-state index contributed by atoms with van der Waals surface area (Å²) < 4.78 is 0. The van der Waals surface area contributed by atoms with E-state index in [4.69, 9.17) is 5.73 Å². The summed E-state index contributed by atoms with van der Waals surface area (Å²) in [4.78, 5) is 12.6. The summed E-state index contributed by atoms with van der Waals surface area (Å²) in [7, 11) is 0. The summed E-state index contributed by atoms with van der Waals surface area (Å²) in [5.74, 6) is 0.189. The van der Waals surface area contributed by atoms with Crippen LogP contribution in [-0.4, -0.2) is 27.3 Å². The van der Waals surface area contributed by atoms with Crippen LogP contribution >= 0.6 is 0 Å². The summed E-state index contributed by atoms with van der Waals surface area (Å²) >= 11 is 0. The summed E-state index contributed by atoms with van der Waals surface area (Å²) in [5, 5.41) is 20.9. The molecule has 0 unspecified atom stereocenters. The molecule has 0 radical (unpaired) electrons. The van der Waals surface area contributed by atoms with E-state index in [-0.39, 0.29) is 29.1 Å². The number of nitrogen functional groups attached to an aromatic ring is 1. The van der Waals surface area contributed by atoms with Gasteiger partial charge in [0.05, 0.1) is 11.3 Å². The van der Waals surface area contributed by atoms with Gasteiger partial charge in [-0.1, -0.05) is 42.5 Å². The van der Waals surface area contributed by atoms with Gasteiger partial charge in [-0.25, -0.2) is 0 Å². The Kier molecular flexibility index (Phi) is 4.01. The molecule has 4 N–H and O–H groups in total. The fourth-order valence-electron chi connectivity index (χ4n) is 3.07. The normalized spacial score (nSPS) is 18.3. The number of aromatic nitrogens is 2. The molecular formula is C20H18N4O2. The molecule has 2 aromatic carbocycles. The van der Waals surface area contributed by atoms with E-state index in [0.29, 0.717) is 17.2 Å². The Morgan fingerprint density at radius 1 is 1.08 bits per heavy atom. The van der Waals surface area contributed by atoms with Crippen LogP contribution in [0.2, 0.25) is 0 Å². The zero-order chi connectivity index (χ0) is 18.1. The van der Waals surface area contributed by atoms with Gasteiger partial charge in [-0.15, -0.1) is 10.2 Å². The van der Waals surface area contributed by atoms with Gasteiger partial charge in [0.25, 0.3) is 5.91 Å². The molecule has 0 aliphatic heterocycles. The minimum atomic E-state index is -0.280. The fourth-order valence-corrected chi connectivity index (χ4v) is 3.07. The predicted octanol–water partition coefficient (Wildman–Crippen LogP) is 2.72. The molecule has 6 nitrogen and oxygen atoms in total. The summed E-state index contributed by atoms with van der Waals surface area (Å²) in [6.07, 6.45) is 0.903. The number of hydrogen-bond acceptors (Lipinski definition) is 5. The molecule has 0 bridgehead atoms. The van der Waals surface area contributed by atoms with Crippen molar-refractivity contribution >= 4 is 11.7 Å². The third kappa shape index (κ3) is 3.09. The Bertz CT molecular complexity index is 959. The summed E-state index contributed by atoms with van der Waals surface area (Å²) in [6.45, 7) is 0. The molecule has 1 saturated carbocycles. The number of anilines is 1. The fraction of sp³-hybridized carbons (Fsp3) is 0.150. The number of nitrogens with zero attached hydrogens (tertiary/aromatic N) is 2. The van der Waals surface area contributed by atoms with Gasteiger partial charge in [0.15, 0.2) is 5.82 Å². The van der Waals surface area contributed by atoms with Crippen molar-refractivity contribution in [2.75, 3.05) is 5.73 Å². The lowest BCUT2D eigenvalue weighted by Crippen LogP contribution is -2.28. The minimum Gasteiger partial charge on any atom is -0.507 e. The van der Waals surface area contributed by atoms with Crippen LogP contribution < -0.4 is 11.1 Å². The van der Waals surface area contributed by atoms with E-state index in [1.165, 1.54) is 5.56 Å². The lowest BCUT2D eigenvalue weighted by atomic mass is 10.1. The number of benzene rings is 2. The second-order valence-electron chi connectivity index (χ2n) is 6.38. The van der Waals surface area contributed by atoms with E-state index in [1.807, 2.05) is 18.2 Å². The number of nitrogens with two attached hydrogens (primary N) is 1. The maximum atomic E-state index is 12.6. The highest BCUT2D eigenvalue weighted by Gasteiger charge is 2.39. The molecule has 1 amide bonds. The number of para-hydroxylation sites is 1. The third-order valence-electron chi connectivity index (χ3n) is 4.58. The van der Waals surface area contributed by atoms with Crippen LogP contribution in [0.15, 0.2) is 60.7 Å².